The SMILES string of the molecule is Cc1ccc(-c2nc(C)cc(C)n2)cn1. The molecule has 0 aliphatic heterocycles. The summed E-state index contributed by atoms with van der Waals surface area (Å²) in [5.74, 6) is 0.750. The third kappa shape index (κ3) is 2.18. The zero-order chi connectivity index (χ0) is 10.8. The molecule has 0 aliphatic carbocycles. The van der Waals surface area contributed by atoms with Gasteiger partial charge in [-0.15, -0.1) is 0 Å². The second-order valence-corrected chi connectivity index (χ2v) is 3.66. The number of rotatable bonds is 1. The Bertz CT molecular complexity index is 454. The third-order valence-corrected chi connectivity index (χ3v) is 2.15. The fraction of sp³-hybridized carbons (Fsp3) is 0.250. The minimum absolute atomic E-state index is 0.750. The summed E-state index contributed by atoms with van der Waals surface area (Å²) in [4.78, 5) is 13.0. The van der Waals surface area contributed by atoms with Crippen LogP contribution in [-0.4, -0.2) is 15.0 Å². The lowest BCUT2D eigenvalue weighted by molar-refractivity contribution is 1.06. The van der Waals surface area contributed by atoms with E-state index in [1.165, 1.54) is 0 Å². The van der Waals surface area contributed by atoms with Gasteiger partial charge in [-0.2, -0.15) is 0 Å². The van der Waals surface area contributed by atoms with Gasteiger partial charge in [-0.25, -0.2) is 9.97 Å². The molecule has 0 radical (unpaired) electrons. The van der Waals surface area contributed by atoms with Crippen molar-refractivity contribution in [3.63, 3.8) is 0 Å². The van der Waals surface area contributed by atoms with Crippen molar-refractivity contribution in [1.29, 1.82) is 0 Å². The van der Waals surface area contributed by atoms with E-state index >= 15 is 0 Å². The maximum Gasteiger partial charge on any atom is 0.161 e. The van der Waals surface area contributed by atoms with Gasteiger partial charge in [-0.05, 0) is 39.0 Å². The topological polar surface area (TPSA) is 38.7 Å². The molecule has 76 valence electrons. The van der Waals surface area contributed by atoms with Gasteiger partial charge in [0.1, 0.15) is 0 Å². The van der Waals surface area contributed by atoms with Crippen molar-refractivity contribution >= 4 is 0 Å². The maximum atomic E-state index is 4.38. The molecule has 0 N–H and O–H groups in total. The molecule has 2 heterocycles. The number of hydrogen-bond donors (Lipinski definition) is 0. The van der Waals surface area contributed by atoms with Crippen LogP contribution < -0.4 is 0 Å². The minimum atomic E-state index is 0.750. The Morgan fingerprint density at radius 1 is 0.867 bits per heavy atom. The molecule has 2 aromatic rings. The molecule has 0 unspecified atom stereocenters. The van der Waals surface area contributed by atoms with E-state index in [-0.39, 0.29) is 0 Å². The molecule has 0 saturated carbocycles. The fourth-order valence-electron chi connectivity index (χ4n) is 1.46. The van der Waals surface area contributed by atoms with Gasteiger partial charge in [0, 0.05) is 28.8 Å². The highest BCUT2D eigenvalue weighted by atomic mass is 14.9. The van der Waals surface area contributed by atoms with Crippen LogP contribution in [0.25, 0.3) is 11.4 Å². The molecule has 3 nitrogen and oxygen atoms in total. The second-order valence-electron chi connectivity index (χ2n) is 3.66. The summed E-state index contributed by atoms with van der Waals surface area (Å²) >= 11 is 0. The molecule has 0 aromatic carbocycles. The van der Waals surface area contributed by atoms with Gasteiger partial charge in [-0.1, -0.05) is 0 Å². The number of aromatic nitrogens is 3. The van der Waals surface area contributed by atoms with Gasteiger partial charge in [0.05, 0.1) is 0 Å². The van der Waals surface area contributed by atoms with Crippen molar-refractivity contribution in [3.8, 4) is 11.4 Å². The van der Waals surface area contributed by atoms with Crippen LogP contribution in [0.2, 0.25) is 0 Å². The summed E-state index contributed by atoms with van der Waals surface area (Å²) in [5, 5.41) is 0. The van der Waals surface area contributed by atoms with Crippen LogP contribution in [0, 0.1) is 20.8 Å². The average Bonchev–Trinajstić information content (AvgIpc) is 2.17. The van der Waals surface area contributed by atoms with Gasteiger partial charge < -0.3 is 0 Å². The number of aryl methyl sites for hydroxylation is 3. The lowest BCUT2D eigenvalue weighted by atomic mass is 10.2. The van der Waals surface area contributed by atoms with Crippen LogP contribution in [0.1, 0.15) is 17.1 Å². The highest BCUT2D eigenvalue weighted by Gasteiger charge is 2.02. The summed E-state index contributed by atoms with van der Waals surface area (Å²) in [6.45, 7) is 5.91. The van der Waals surface area contributed by atoms with Gasteiger partial charge >= 0.3 is 0 Å². The van der Waals surface area contributed by atoms with Crippen molar-refractivity contribution in [2.24, 2.45) is 0 Å². The predicted molar refractivity (Wildman–Crippen MR) is 59.5 cm³/mol. The lowest BCUT2D eigenvalue weighted by Crippen LogP contribution is -1.95. The minimum Gasteiger partial charge on any atom is -0.261 e. The molecule has 15 heavy (non-hydrogen) atoms. The van der Waals surface area contributed by atoms with Crippen molar-refractivity contribution < 1.29 is 0 Å². The zero-order valence-corrected chi connectivity index (χ0v) is 9.15. The summed E-state index contributed by atoms with van der Waals surface area (Å²) < 4.78 is 0. The average molecular weight is 199 g/mol. The van der Waals surface area contributed by atoms with Gasteiger partial charge in [0.15, 0.2) is 5.82 Å². The maximum absolute atomic E-state index is 4.38. The van der Waals surface area contributed by atoms with E-state index in [4.69, 9.17) is 0 Å². The normalized spacial score (nSPS) is 10.3. The lowest BCUT2D eigenvalue weighted by Gasteiger charge is -2.02. The van der Waals surface area contributed by atoms with Crippen molar-refractivity contribution in [3.05, 3.63) is 41.5 Å². The number of pyridine rings is 1. The van der Waals surface area contributed by atoms with Crippen molar-refractivity contribution in [2.45, 2.75) is 20.8 Å². The smallest absolute Gasteiger partial charge is 0.161 e. The van der Waals surface area contributed by atoms with E-state index in [2.05, 4.69) is 15.0 Å². The fourth-order valence-corrected chi connectivity index (χ4v) is 1.46. The Morgan fingerprint density at radius 3 is 2.07 bits per heavy atom. The van der Waals surface area contributed by atoms with Gasteiger partial charge in [-0.3, -0.25) is 4.98 Å². The van der Waals surface area contributed by atoms with E-state index in [1.54, 1.807) is 0 Å². The molecule has 0 aliphatic rings. The van der Waals surface area contributed by atoms with E-state index in [0.717, 1.165) is 28.5 Å². The predicted octanol–water partition coefficient (Wildman–Crippen LogP) is 2.46. The highest BCUT2D eigenvalue weighted by Crippen LogP contribution is 2.14. The first-order valence-corrected chi connectivity index (χ1v) is 4.90. The van der Waals surface area contributed by atoms with Crippen molar-refractivity contribution in [1.82, 2.24) is 15.0 Å². The van der Waals surface area contributed by atoms with E-state index in [9.17, 15) is 0 Å². The molecule has 3 heteroatoms. The summed E-state index contributed by atoms with van der Waals surface area (Å²) in [6.07, 6.45) is 1.81. The molecule has 0 bridgehead atoms. The molecule has 0 amide bonds. The van der Waals surface area contributed by atoms with Crippen LogP contribution in [-0.2, 0) is 0 Å². The number of hydrogen-bond acceptors (Lipinski definition) is 3. The highest BCUT2D eigenvalue weighted by molar-refractivity contribution is 5.53. The molecular weight excluding hydrogens is 186 g/mol. The van der Waals surface area contributed by atoms with Crippen LogP contribution >= 0.6 is 0 Å². The Morgan fingerprint density at radius 2 is 1.53 bits per heavy atom. The monoisotopic (exact) mass is 199 g/mol. The summed E-state index contributed by atoms with van der Waals surface area (Å²) in [6, 6.07) is 5.93. The van der Waals surface area contributed by atoms with Crippen LogP contribution in [0.15, 0.2) is 24.4 Å². The molecular formula is C12H13N3. The first-order chi connectivity index (χ1) is 7.15. The molecule has 2 aromatic heterocycles. The molecule has 0 atom stereocenters. The molecule has 0 fully saturated rings. The van der Waals surface area contributed by atoms with Crippen LogP contribution in [0.4, 0.5) is 0 Å². The molecule has 2 rings (SSSR count). The standard InChI is InChI=1S/C12H13N3/c1-8-4-5-11(7-13-8)12-14-9(2)6-10(3)15-12/h4-7H,1-3H3. The van der Waals surface area contributed by atoms with E-state index < -0.39 is 0 Å². The van der Waals surface area contributed by atoms with E-state index in [0.29, 0.717) is 0 Å². The van der Waals surface area contributed by atoms with Gasteiger partial charge in [0.25, 0.3) is 0 Å². The Labute approximate surface area is 89.2 Å². The van der Waals surface area contributed by atoms with Crippen molar-refractivity contribution in [2.75, 3.05) is 0 Å². The summed E-state index contributed by atoms with van der Waals surface area (Å²) in [5.41, 5.74) is 3.94. The Kier molecular flexibility index (Phi) is 2.46. The third-order valence-electron chi connectivity index (χ3n) is 2.15. The Hall–Kier alpha value is -1.77. The molecule has 0 saturated heterocycles. The molecule has 0 spiro atoms. The first-order valence-electron chi connectivity index (χ1n) is 4.90. The number of nitrogens with zero attached hydrogens (tertiary/aromatic N) is 3. The quantitative estimate of drug-likeness (QED) is 0.708. The summed E-state index contributed by atoms with van der Waals surface area (Å²) in [7, 11) is 0. The zero-order valence-electron chi connectivity index (χ0n) is 9.15. The van der Waals surface area contributed by atoms with Crippen LogP contribution in [0.5, 0.6) is 0 Å². The van der Waals surface area contributed by atoms with Gasteiger partial charge in [0.2, 0.25) is 0 Å². The first kappa shape index (κ1) is 9.77. The Balaban J connectivity index is 2.49. The van der Waals surface area contributed by atoms with E-state index in [1.807, 2.05) is 45.2 Å². The largest absolute Gasteiger partial charge is 0.261 e. The van der Waals surface area contributed by atoms with Crippen LogP contribution in [0.3, 0.4) is 0 Å². The second kappa shape index (κ2) is 3.77.